The summed E-state index contributed by atoms with van der Waals surface area (Å²) in [5.41, 5.74) is 9.77. The van der Waals surface area contributed by atoms with Crippen molar-refractivity contribution in [2.75, 3.05) is 12.3 Å². The quantitative estimate of drug-likeness (QED) is 0.662. The van der Waals surface area contributed by atoms with E-state index < -0.39 is 5.41 Å². The summed E-state index contributed by atoms with van der Waals surface area (Å²) in [7, 11) is 0. The van der Waals surface area contributed by atoms with Gasteiger partial charge in [0.2, 0.25) is 0 Å². The molecular weight excluding hydrogens is 374 g/mol. The van der Waals surface area contributed by atoms with Gasteiger partial charge in [0.05, 0.1) is 24.0 Å². The van der Waals surface area contributed by atoms with Gasteiger partial charge >= 0.3 is 0 Å². The minimum Gasteiger partial charge on any atom is -0.383 e. The molecule has 2 aliphatic rings. The smallest absolute Gasteiger partial charge is 0.140 e. The molecule has 0 unspecified atom stereocenters. The second-order valence-electron chi connectivity index (χ2n) is 9.31. The summed E-state index contributed by atoms with van der Waals surface area (Å²) in [4.78, 5) is 21.7. The molecule has 0 saturated heterocycles. The lowest BCUT2D eigenvalue weighted by molar-refractivity contribution is -0.129. The van der Waals surface area contributed by atoms with Crippen LogP contribution in [-0.4, -0.2) is 33.3 Å². The molecule has 5 rings (SSSR count). The van der Waals surface area contributed by atoms with Crippen LogP contribution < -0.4 is 5.73 Å². The van der Waals surface area contributed by atoms with E-state index in [1.165, 1.54) is 24.8 Å². The van der Waals surface area contributed by atoms with Crippen molar-refractivity contribution in [3.8, 4) is 0 Å². The number of rotatable bonds is 6. The summed E-state index contributed by atoms with van der Waals surface area (Å²) in [6, 6.07) is 6.20. The molecule has 2 N–H and O–H groups in total. The van der Waals surface area contributed by atoms with Gasteiger partial charge in [-0.25, -0.2) is 4.98 Å². The molecule has 2 aromatic heterocycles. The van der Waals surface area contributed by atoms with Gasteiger partial charge in [0.15, 0.2) is 0 Å². The number of fused-ring (bicyclic) bond motifs is 3. The Kier molecular flexibility index (Phi) is 4.45. The number of carbonyl (C=O) groups excluding carboxylic acids is 1. The number of ketones is 1. The standard InChI is InChI=1S/C24H27N5O/c1-24(2,21(30)10-15-4-3-5-15)14-29-13-19-22(28-29)18-7-6-16(17-8-9-26-12-17)11-20(18)27-23(19)25/h6-9,11,13,15H,3-5,10,12,14H2,1-2H3,(H2,25,27). The minimum absolute atomic E-state index is 0.319. The van der Waals surface area contributed by atoms with Crippen LogP contribution >= 0.6 is 0 Å². The number of carbonyl (C=O) groups is 1. The maximum atomic E-state index is 12.8. The van der Waals surface area contributed by atoms with E-state index in [9.17, 15) is 4.79 Å². The number of nitrogens with two attached hydrogens (primary N) is 1. The van der Waals surface area contributed by atoms with Gasteiger partial charge in [-0.1, -0.05) is 39.2 Å². The number of pyridine rings is 1. The summed E-state index contributed by atoms with van der Waals surface area (Å²) >= 11 is 0. The molecule has 30 heavy (non-hydrogen) atoms. The van der Waals surface area contributed by atoms with Gasteiger partial charge in [0.1, 0.15) is 17.1 Å². The van der Waals surface area contributed by atoms with Gasteiger partial charge < -0.3 is 5.73 Å². The summed E-state index contributed by atoms with van der Waals surface area (Å²) in [6.45, 7) is 5.27. The van der Waals surface area contributed by atoms with E-state index in [1.54, 1.807) is 0 Å². The molecule has 0 atom stereocenters. The average Bonchev–Trinajstić information content (AvgIpc) is 3.34. The molecule has 1 aromatic carbocycles. The molecule has 0 bridgehead atoms. The Morgan fingerprint density at radius 3 is 2.80 bits per heavy atom. The maximum absolute atomic E-state index is 12.8. The molecule has 0 amide bonds. The highest BCUT2D eigenvalue weighted by Gasteiger charge is 2.32. The Labute approximate surface area is 175 Å². The number of aliphatic imine (C=N–C) groups is 1. The highest BCUT2D eigenvalue weighted by atomic mass is 16.1. The van der Waals surface area contributed by atoms with E-state index in [1.807, 2.05) is 37.0 Å². The molecule has 0 radical (unpaired) electrons. The van der Waals surface area contributed by atoms with E-state index in [0.717, 1.165) is 27.4 Å². The van der Waals surface area contributed by atoms with Crippen molar-refractivity contribution >= 4 is 45.2 Å². The molecule has 6 nitrogen and oxygen atoms in total. The number of aromatic nitrogens is 3. The van der Waals surface area contributed by atoms with Crippen LogP contribution in [-0.2, 0) is 11.3 Å². The van der Waals surface area contributed by atoms with E-state index in [2.05, 4.69) is 28.2 Å². The summed E-state index contributed by atoms with van der Waals surface area (Å²) in [5.74, 6) is 1.36. The normalized spacial score (nSPS) is 16.9. The molecule has 1 fully saturated rings. The van der Waals surface area contributed by atoms with Crippen LogP contribution in [0.2, 0.25) is 0 Å². The van der Waals surface area contributed by atoms with Gasteiger partial charge in [-0.15, -0.1) is 0 Å². The van der Waals surface area contributed by atoms with Crippen LogP contribution in [0.15, 0.2) is 35.5 Å². The van der Waals surface area contributed by atoms with Crippen LogP contribution in [0.4, 0.5) is 5.82 Å². The number of nitrogens with zero attached hydrogens (tertiary/aromatic N) is 4. The predicted octanol–water partition coefficient (Wildman–Crippen LogP) is 4.42. The Hall–Kier alpha value is -3.02. The Balaban J connectivity index is 1.47. The van der Waals surface area contributed by atoms with Crippen molar-refractivity contribution in [1.82, 2.24) is 14.8 Å². The molecule has 154 valence electrons. The molecular formula is C24H27N5O. The zero-order valence-corrected chi connectivity index (χ0v) is 17.6. The fourth-order valence-electron chi connectivity index (χ4n) is 4.37. The van der Waals surface area contributed by atoms with Crippen molar-refractivity contribution in [3.05, 3.63) is 36.0 Å². The zero-order chi connectivity index (χ0) is 20.9. The van der Waals surface area contributed by atoms with Crippen molar-refractivity contribution in [2.45, 2.75) is 46.1 Å². The second-order valence-corrected chi connectivity index (χ2v) is 9.31. The second kappa shape index (κ2) is 7.04. The number of allylic oxidation sites excluding steroid dienone is 1. The number of Topliss-reactive ketones (excluding diaryl/α,β-unsaturated/α-hetero) is 1. The number of hydrogen-bond acceptors (Lipinski definition) is 5. The van der Waals surface area contributed by atoms with Gasteiger partial charge in [-0.05, 0) is 35.3 Å². The lowest BCUT2D eigenvalue weighted by Gasteiger charge is -2.29. The van der Waals surface area contributed by atoms with Crippen LogP contribution in [0.25, 0.3) is 27.4 Å². The largest absolute Gasteiger partial charge is 0.383 e. The third-order valence-electron chi connectivity index (χ3n) is 6.56. The monoisotopic (exact) mass is 401 g/mol. The highest BCUT2D eigenvalue weighted by molar-refractivity contribution is 6.08. The molecule has 3 heterocycles. The van der Waals surface area contributed by atoms with E-state index >= 15 is 0 Å². The van der Waals surface area contributed by atoms with Crippen LogP contribution in [0, 0.1) is 11.3 Å². The fourth-order valence-corrected chi connectivity index (χ4v) is 4.37. The summed E-state index contributed by atoms with van der Waals surface area (Å²) in [5, 5.41) is 6.62. The van der Waals surface area contributed by atoms with Crippen LogP contribution in [0.1, 0.15) is 45.1 Å². The Morgan fingerprint density at radius 1 is 1.27 bits per heavy atom. The highest BCUT2D eigenvalue weighted by Crippen LogP contribution is 2.34. The van der Waals surface area contributed by atoms with E-state index in [0.29, 0.717) is 37.0 Å². The van der Waals surface area contributed by atoms with Crippen molar-refractivity contribution in [2.24, 2.45) is 16.3 Å². The molecule has 0 spiro atoms. The van der Waals surface area contributed by atoms with Crippen molar-refractivity contribution < 1.29 is 4.79 Å². The number of hydrogen-bond donors (Lipinski definition) is 1. The molecule has 6 heteroatoms. The third kappa shape index (κ3) is 3.30. The topological polar surface area (TPSA) is 86.2 Å². The lowest BCUT2D eigenvalue weighted by atomic mass is 9.76. The van der Waals surface area contributed by atoms with Crippen LogP contribution in [0.5, 0.6) is 0 Å². The molecule has 3 aromatic rings. The van der Waals surface area contributed by atoms with Gasteiger partial charge in [-0.2, -0.15) is 5.10 Å². The third-order valence-corrected chi connectivity index (χ3v) is 6.56. The number of benzene rings is 1. The fraction of sp³-hybridized carbons (Fsp3) is 0.417. The summed E-state index contributed by atoms with van der Waals surface area (Å²) < 4.78 is 1.86. The zero-order valence-electron chi connectivity index (χ0n) is 17.6. The predicted molar refractivity (Wildman–Crippen MR) is 122 cm³/mol. The van der Waals surface area contributed by atoms with Crippen molar-refractivity contribution in [1.29, 1.82) is 0 Å². The van der Waals surface area contributed by atoms with E-state index in [-0.39, 0.29) is 0 Å². The Bertz CT molecular complexity index is 1210. The molecule has 1 aliphatic heterocycles. The van der Waals surface area contributed by atoms with Gasteiger partial charge in [0.25, 0.3) is 0 Å². The van der Waals surface area contributed by atoms with Crippen LogP contribution in [0.3, 0.4) is 0 Å². The number of anilines is 1. The molecule has 1 aliphatic carbocycles. The van der Waals surface area contributed by atoms with Gasteiger partial charge in [-0.3, -0.25) is 14.5 Å². The van der Waals surface area contributed by atoms with E-state index in [4.69, 9.17) is 10.8 Å². The first-order valence-electron chi connectivity index (χ1n) is 10.7. The maximum Gasteiger partial charge on any atom is 0.140 e. The van der Waals surface area contributed by atoms with Crippen molar-refractivity contribution in [3.63, 3.8) is 0 Å². The molecule has 1 saturated carbocycles. The first-order valence-corrected chi connectivity index (χ1v) is 10.7. The lowest BCUT2D eigenvalue weighted by Crippen LogP contribution is -2.32. The summed E-state index contributed by atoms with van der Waals surface area (Å²) in [6.07, 6.45) is 10.1. The first-order chi connectivity index (χ1) is 14.4. The Morgan fingerprint density at radius 2 is 2.10 bits per heavy atom. The first kappa shape index (κ1) is 19.0. The minimum atomic E-state index is -0.461. The SMILES string of the molecule is CC(C)(Cn1cc2c(N)nc3cc(C4=CC=NC4)ccc3c2n1)C(=O)CC1CCC1. The van der Waals surface area contributed by atoms with Gasteiger partial charge in [0, 0.05) is 29.6 Å². The average molecular weight is 402 g/mol. The number of nitrogen functional groups attached to an aromatic ring is 1.